The van der Waals surface area contributed by atoms with Gasteiger partial charge in [0.05, 0.1) is 6.04 Å². The van der Waals surface area contributed by atoms with E-state index >= 15 is 0 Å². The Morgan fingerprint density at radius 1 is 1.48 bits per heavy atom. The molecule has 0 spiro atoms. The highest BCUT2D eigenvalue weighted by atomic mass is 19.1. The molecule has 0 radical (unpaired) electrons. The van der Waals surface area contributed by atoms with Gasteiger partial charge in [-0.2, -0.15) is 0 Å². The van der Waals surface area contributed by atoms with Crippen LogP contribution in [0.15, 0.2) is 18.2 Å². The number of rotatable bonds is 4. The number of benzene rings is 1. The van der Waals surface area contributed by atoms with Crippen LogP contribution >= 0.6 is 0 Å². The summed E-state index contributed by atoms with van der Waals surface area (Å²) in [6.45, 7) is 7.64. The average molecular weight is 292 g/mol. The molecule has 0 aliphatic carbocycles. The number of carbonyl (C=O) groups is 1. The Labute approximate surface area is 126 Å². The molecule has 21 heavy (non-hydrogen) atoms. The third kappa shape index (κ3) is 4.03. The molecule has 2 N–H and O–H groups in total. The van der Waals surface area contributed by atoms with Crippen LogP contribution < -0.4 is 10.6 Å². The molecule has 116 valence electrons. The molecule has 0 saturated carbocycles. The standard InChI is InChI=1S/C17H25FN2O/c1-12-11-14(18)6-5-13(12)7-10-20-16(21)15-17(2,3)8-4-9-19-15/h5-6,11,15,19H,4,7-10H2,1-3H3,(H,20,21). The molecule has 1 amide bonds. The predicted molar refractivity (Wildman–Crippen MR) is 82.7 cm³/mol. The molecule has 1 fully saturated rings. The maximum Gasteiger partial charge on any atom is 0.237 e. The van der Waals surface area contributed by atoms with E-state index in [4.69, 9.17) is 0 Å². The summed E-state index contributed by atoms with van der Waals surface area (Å²) >= 11 is 0. The van der Waals surface area contributed by atoms with Gasteiger partial charge in [-0.25, -0.2) is 4.39 Å². The first kappa shape index (κ1) is 16.0. The maximum atomic E-state index is 13.0. The van der Waals surface area contributed by atoms with Gasteiger partial charge in [0, 0.05) is 6.54 Å². The van der Waals surface area contributed by atoms with Crippen molar-refractivity contribution in [3.63, 3.8) is 0 Å². The van der Waals surface area contributed by atoms with Gasteiger partial charge < -0.3 is 10.6 Å². The molecule has 1 aliphatic rings. The summed E-state index contributed by atoms with van der Waals surface area (Å²) in [7, 11) is 0. The van der Waals surface area contributed by atoms with Crippen LogP contribution in [0.1, 0.15) is 37.8 Å². The maximum absolute atomic E-state index is 13.0. The first-order chi connectivity index (χ1) is 9.90. The number of amides is 1. The molecule has 0 aromatic heterocycles. The van der Waals surface area contributed by atoms with Gasteiger partial charge in [0.1, 0.15) is 5.82 Å². The third-order valence-corrected chi connectivity index (χ3v) is 4.39. The molecule has 2 rings (SSSR count). The zero-order chi connectivity index (χ0) is 15.5. The van der Waals surface area contributed by atoms with Gasteiger partial charge in [-0.1, -0.05) is 19.9 Å². The summed E-state index contributed by atoms with van der Waals surface area (Å²) < 4.78 is 13.0. The zero-order valence-corrected chi connectivity index (χ0v) is 13.1. The van der Waals surface area contributed by atoms with E-state index in [0.29, 0.717) is 6.54 Å². The first-order valence-electron chi connectivity index (χ1n) is 7.66. The van der Waals surface area contributed by atoms with Gasteiger partial charge in [-0.05, 0) is 61.4 Å². The average Bonchev–Trinajstić information content (AvgIpc) is 2.40. The Morgan fingerprint density at radius 2 is 2.24 bits per heavy atom. The topological polar surface area (TPSA) is 41.1 Å². The number of nitrogens with one attached hydrogen (secondary N) is 2. The van der Waals surface area contributed by atoms with E-state index in [-0.39, 0.29) is 23.2 Å². The lowest BCUT2D eigenvalue weighted by Gasteiger charge is -2.38. The number of carbonyl (C=O) groups excluding carboxylic acids is 1. The highest BCUT2D eigenvalue weighted by Gasteiger charge is 2.36. The summed E-state index contributed by atoms with van der Waals surface area (Å²) in [6.07, 6.45) is 2.91. The van der Waals surface area contributed by atoms with Crippen molar-refractivity contribution in [1.82, 2.24) is 10.6 Å². The van der Waals surface area contributed by atoms with E-state index in [1.54, 1.807) is 6.07 Å². The lowest BCUT2D eigenvalue weighted by Crippen LogP contribution is -2.55. The van der Waals surface area contributed by atoms with Crippen molar-refractivity contribution >= 4 is 5.91 Å². The summed E-state index contributed by atoms with van der Waals surface area (Å²) in [4.78, 5) is 12.3. The van der Waals surface area contributed by atoms with Crippen LogP contribution in [0.4, 0.5) is 4.39 Å². The van der Waals surface area contributed by atoms with Crippen molar-refractivity contribution in [3.8, 4) is 0 Å². The minimum Gasteiger partial charge on any atom is -0.354 e. The lowest BCUT2D eigenvalue weighted by molar-refractivity contribution is -0.126. The molecular formula is C17H25FN2O. The minimum absolute atomic E-state index is 0.00583. The molecule has 3 nitrogen and oxygen atoms in total. The lowest BCUT2D eigenvalue weighted by atomic mass is 9.77. The van der Waals surface area contributed by atoms with Crippen molar-refractivity contribution in [2.75, 3.05) is 13.1 Å². The first-order valence-corrected chi connectivity index (χ1v) is 7.66. The van der Waals surface area contributed by atoms with Crippen molar-refractivity contribution in [3.05, 3.63) is 35.1 Å². The zero-order valence-electron chi connectivity index (χ0n) is 13.1. The number of aryl methyl sites for hydroxylation is 1. The van der Waals surface area contributed by atoms with E-state index < -0.39 is 0 Å². The minimum atomic E-state index is -0.214. The summed E-state index contributed by atoms with van der Waals surface area (Å²) in [5, 5.41) is 6.32. The Morgan fingerprint density at radius 3 is 2.90 bits per heavy atom. The van der Waals surface area contributed by atoms with Crippen molar-refractivity contribution < 1.29 is 9.18 Å². The quantitative estimate of drug-likeness (QED) is 0.895. The number of piperidine rings is 1. The molecule has 1 saturated heterocycles. The molecule has 1 aliphatic heterocycles. The second-order valence-electron chi connectivity index (χ2n) is 6.59. The summed E-state index contributed by atoms with van der Waals surface area (Å²) in [6, 6.07) is 4.67. The molecule has 1 atom stereocenters. The van der Waals surface area contributed by atoms with Crippen molar-refractivity contribution in [2.45, 2.75) is 46.1 Å². The van der Waals surface area contributed by atoms with Crippen LogP contribution in [0.3, 0.4) is 0 Å². The van der Waals surface area contributed by atoms with Gasteiger partial charge >= 0.3 is 0 Å². The molecular weight excluding hydrogens is 267 g/mol. The molecule has 0 bridgehead atoms. The van der Waals surface area contributed by atoms with Gasteiger partial charge in [-0.3, -0.25) is 4.79 Å². The number of hydrogen-bond donors (Lipinski definition) is 2. The van der Waals surface area contributed by atoms with Crippen LogP contribution in [0, 0.1) is 18.2 Å². The highest BCUT2D eigenvalue weighted by Crippen LogP contribution is 2.30. The van der Waals surface area contributed by atoms with E-state index in [0.717, 1.165) is 36.9 Å². The van der Waals surface area contributed by atoms with E-state index in [2.05, 4.69) is 24.5 Å². The third-order valence-electron chi connectivity index (χ3n) is 4.39. The number of halogens is 1. The molecule has 1 aromatic carbocycles. The summed E-state index contributed by atoms with van der Waals surface area (Å²) in [5.74, 6) is -0.145. The number of hydrogen-bond acceptors (Lipinski definition) is 2. The van der Waals surface area contributed by atoms with Crippen LogP contribution in [0.5, 0.6) is 0 Å². The monoisotopic (exact) mass is 292 g/mol. The Bertz CT molecular complexity index is 514. The Hall–Kier alpha value is -1.42. The van der Waals surface area contributed by atoms with Crippen LogP contribution in [0.25, 0.3) is 0 Å². The van der Waals surface area contributed by atoms with Crippen molar-refractivity contribution in [2.24, 2.45) is 5.41 Å². The van der Waals surface area contributed by atoms with Crippen molar-refractivity contribution in [1.29, 1.82) is 0 Å². The fraction of sp³-hybridized carbons (Fsp3) is 0.588. The molecule has 1 unspecified atom stereocenters. The highest BCUT2D eigenvalue weighted by molar-refractivity contribution is 5.82. The van der Waals surface area contributed by atoms with Gasteiger partial charge in [0.2, 0.25) is 5.91 Å². The molecule has 1 aromatic rings. The van der Waals surface area contributed by atoms with Crippen LogP contribution in [-0.2, 0) is 11.2 Å². The van der Waals surface area contributed by atoms with Gasteiger partial charge in [-0.15, -0.1) is 0 Å². The van der Waals surface area contributed by atoms with Crippen LogP contribution in [0.2, 0.25) is 0 Å². The molecule has 1 heterocycles. The van der Waals surface area contributed by atoms with E-state index in [9.17, 15) is 9.18 Å². The second kappa shape index (κ2) is 6.56. The summed E-state index contributed by atoms with van der Waals surface area (Å²) in [5.41, 5.74) is 2.00. The largest absolute Gasteiger partial charge is 0.354 e. The molecule has 4 heteroatoms. The van der Waals surface area contributed by atoms with E-state index in [1.165, 1.54) is 12.1 Å². The normalized spacial score (nSPS) is 21.0. The van der Waals surface area contributed by atoms with E-state index in [1.807, 2.05) is 6.92 Å². The second-order valence-corrected chi connectivity index (χ2v) is 6.59. The fourth-order valence-corrected chi connectivity index (χ4v) is 3.02. The Balaban J connectivity index is 1.86. The van der Waals surface area contributed by atoms with Crippen LogP contribution in [-0.4, -0.2) is 25.0 Å². The fourth-order valence-electron chi connectivity index (χ4n) is 3.02. The Kier molecular flexibility index (Phi) is 4.99. The van der Waals surface area contributed by atoms with Gasteiger partial charge in [0.25, 0.3) is 0 Å². The SMILES string of the molecule is Cc1cc(F)ccc1CCNC(=O)C1NCCCC1(C)C. The predicted octanol–water partition coefficient (Wildman–Crippen LogP) is 2.57. The smallest absolute Gasteiger partial charge is 0.237 e. The van der Waals surface area contributed by atoms with Gasteiger partial charge in [0.15, 0.2) is 0 Å².